The van der Waals surface area contributed by atoms with Gasteiger partial charge < -0.3 is 14.9 Å². The Kier molecular flexibility index (Phi) is 12.6. The summed E-state index contributed by atoms with van der Waals surface area (Å²) in [5, 5.41) is 14.2. The van der Waals surface area contributed by atoms with Crippen molar-refractivity contribution in [2.24, 2.45) is 5.92 Å². The summed E-state index contributed by atoms with van der Waals surface area (Å²) in [5.74, 6) is -4.76. The lowest BCUT2D eigenvalue weighted by molar-refractivity contribution is -0.193. The molecule has 3 heterocycles. The first-order valence-corrected chi connectivity index (χ1v) is 13.2. The van der Waals surface area contributed by atoms with Crippen molar-refractivity contribution in [2.45, 2.75) is 50.7 Å². The van der Waals surface area contributed by atoms with E-state index in [1.165, 1.54) is 0 Å². The molecule has 1 spiro atoms. The fourth-order valence-corrected chi connectivity index (χ4v) is 5.59. The van der Waals surface area contributed by atoms with E-state index in [4.69, 9.17) is 24.5 Å². The van der Waals surface area contributed by atoms with Crippen molar-refractivity contribution >= 4 is 22.0 Å². The molecule has 3 rings (SSSR count). The molecule has 1 unspecified atom stereocenters. The van der Waals surface area contributed by atoms with Crippen LogP contribution in [-0.4, -0.2) is 102 Å². The monoisotopic (exact) mass is 595 g/mol. The lowest BCUT2D eigenvalue weighted by Crippen LogP contribution is -2.72. The molecule has 0 aromatic carbocycles. The van der Waals surface area contributed by atoms with Crippen molar-refractivity contribution < 1.29 is 59.3 Å². The average molecular weight is 596 g/mol. The van der Waals surface area contributed by atoms with Crippen LogP contribution in [-0.2, 0) is 31.0 Å². The Bertz CT molecular complexity index is 1010. The molecule has 1 aromatic rings. The quantitative estimate of drug-likeness (QED) is 0.456. The van der Waals surface area contributed by atoms with Crippen LogP contribution in [0, 0.1) is 5.92 Å². The van der Waals surface area contributed by atoms with Crippen LogP contribution in [0.5, 0.6) is 0 Å². The highest BCUT2D eigenvalue weighted by Gasteiger charge is 2.52. The van der Waals surface area contributed by atoms with Gasteiger partial charge >= 0.3 is 24.3 Å². The number of hydrogen-bond acceptors (Lipinski definition) is 7. The summed E-state index contributed by atoms with van der Waals surface area (Å²) in [5.41, 5.74) is 1.14. The SMILES string of the molecule is CCCS(=O)(=O)N1CC2(CC(COCc3ccncc3)CCN2C)C1.O=C(O)C(F)(F)F.O=C(O)C(F)(F)F. The summed E-state index contributed by atoms with van der Waals surface area (Å²) in [6.07, 6.45) is -3.81. The maximum atomic E-state index is 12.2. The van der Waals surface area contributed by atoms with Crippen molar-refractivity contribution in [1.29, 1.82) is 0 Å². The van der Waals surface area contributed by atoms with Crippen LogP contribution in [0.2, 0.25) is 0 Å². The highest BCUT2D eigenvalue weighted by molar-refractivity contribution is 7.89. The number of carboxylic acids is 2. The Hall–Kier alpha value is -2.50. The van der Waals surface area contributed by atoms with Crippen LogP contribution in [0.3, 0.4) is 0 Å². The van der Waals surface area contributed by atoms with E-state index in [9.17, 15) is 34.8 Å². The van der Waals surface area contributed by atoms with Gasteiger partial charge in [0.2, 0.25) is 10.0 Å². The van der Waals surface area contributed by atoms with Gasteiger partial charge in [-0.2, -0.15) is 30.6 Å². The average Bonchev–Trinajstić information content (AvgIpc) is 2.79. The second kappa shape index (κ2) is 14.2. The van der Waals surface area contributed by atoms with Crippen molar-refractivity contribution in [1.82, 2.24) is 14.2 Å². The lowest BCUT2D eigenvalue weighted by Gasteiger charge is -2.57. The molecule has 1 aromatic heterocycles. The molecule has 2 N–H and O–H groups in total. The largest absolute Gasteiger partial charge is 0.490 e. The fraction of sp³-hybridized carbons (Fsp3) is 0.682. The lowest BCUT2D eigenvalue weighted by atomic mass is 9.77. The van der Waals surface area contributed by atoms with E-state index in [0.29, 0.717) is 32.0 Å². The molecular weight excluding hydrogens is 564 g/mol. The minimum Gasteiger partial charge on any atom is -0.475 e. The van der Waals surface area contributed by atoms with E-state index in [1.54, 1.807) is 16.7 Å². The number of likely N-dealkylation sites (tertiary alicyclic amines) is 1. The molecule has 2 aliphatic rings. The molecule has 2 saturated heterocycles. The van der Waals surface area contributed by atoms with E-state index >= 15 is 0 Å². The molecule has 0 aliphatic carbocycles. The van der Waals surface area contributed by atoms with Crippen molar-refractivity contribution in [2.75, 3.05) is 39.0 Å². The predicted octanol–water partition coefficient (Wildman–Crippen LogP) is 3.00. The van der Waals surface area contributed by atoms with Crippen LogP contribution in [0.1, 0.15) is 31.7 Å². The molecule has 2 aliphatic heterocycles. The van der Waals surface area contributed by atoms with Crippen LogP contribution >= 0.6 is 0 Å². The Morgan fingerprint density at radius 3 is 2.00 bits per heavy atom. The molecule has 0 radical (unpaired) electrons. The number of likely N-dealkylation sites (N-methyl/N-ethyl adjacent to an activating group) is 1. The van der Waals surface area contributed by atoms with Gasteiger partial charge in [0.15, 0.2) is 0 Å². The van der Waals surface area contributed by atoms with Gasteiger partial charge in [0, 0.05) is 37.6 Å². The minimum atomic E-state index is -5.08. The first-order valence-electron chi connectivity index (χ1n) is 11.6. The zero-order valence-corrected chi connectivity index (χ0v) is 22.0. The minimum absolute atomic E-state index is 0.00373. The normalized spacial score (nSPS) is 19.6. The van der Waals surface area contributed by atoms with Crippen LogP contribution in [0.25, 0.3) is 0 Å². The van der Waals surface area contributed by atoms with Crippen molar-refractivity contribution in [3.63, 3.8) is 0 Å². The molecule has 0 amide bonds. The maximum Gasteiger partial charge on any atom is 0.490 e. The predicted molar refractivity (Wildman–Crippen MR) is 125 cm³/mol. The van der Waals surface area contributed by atoms with E-state index in [-0.39, 0.29) is 11.3 Å². The number of sulfonamides is 1. The Morgan fingerprint density at radius 2 is 1.56 bits per heavy atom. The highest BCUT2D eigenvalue weighted by atomic mass is 32.2. The van der Waals surface area contributed by atoms with Crippen LogP contribution < -0.4 is 0 Å². The second-order valence-electron chi connectivity index (χ2n) is 9.07. The topological polar surface area (TPSA) is 137 Å². The number of carbonyl (C=O) groups is 2. The number of halogens is 6. The van der Waals surface area contributed by atoms with Crippen molar-refractivity contribution in [3.05, 3.63) is 30.1 Å². The number of piperidine rings is 1. The third kappa shape index (κ3) is 11.3. The molecular formula is C22H31F6N3O7S. The summed E-state index contributed by atoms with van der Waals surface area (Å²) < 4.78 is 95.5. The number of pyridine rings is 1. The summed E-state index contributed by atoms with van der Waals surface area (Å²) in [6, 6.07) is 3.94. The Morgan fingerprint density at radius 1 is 1.08 bits per heavy atom. The van der Waals surface area contributed by atoms with Crippen molar-refractivity contribution in [3.8, 4) is 0 Å². The molecule has 0 bridgehead atoms. The smallest absolute Gasteiger partial charge is 0.475 e. The van der Waals surface area contributed by atoms with E-state index in [1.807, 2.05) is 19.1 Å². The van der Waals surface area contributed by atoms with Crippen LogP contribution in [0.15, 0.2) is 24.5 Å². The first kappa shape index (κ1) is 34.5. The van der Waals surface area contributed by atoms with Gasteiger partial charge in [0.1, 0.15) is 0 Å². The summed E-state index contributed by atoms with van der Waals surface area (Å²) >= 11 is 0. The molecule has 1 atom stereocenters. The number of hydrogen-bond donors (Lipinski definition) is 2. The number of aromatic nitrogens is 1. The Balaban J connectivity index is 0.000000449. The van der Waals surface area contributed by atoms with Crippen LogP contribution in [0.4, 0.5) is 26.3 Å². The fourth-order valence-electron chi connectivity index (χ4n) is 3.94. The number of alkyl halides is 6. The summed E-state index contributed by atoms with van der Waals surface area (Å²) in [4.78, 5) is 24.2. The number of aliphatic carboxylic acids is 2. The van der Waals surface area contributed by atoms with Gasteiger partial charge in [-0.3, -0.25) is 9.88 Å². The van der Waals surface area contributed by atoms with E-state index < -0.39 is 34.3 Å². The highest BCUT2D eigenvalue weighted by Crippen LogP contribution is 2.39. The molecule has 10 nitrogen and oxygen atoms in total. The zero-order valence-electron chi connectivity index (χ0n) is 21.2. The number of nitrogens with zero attached hydrogens (tertiary/aromatic N) is 3. The maximum absolute atomic E-state index is 12.2. The third-order valence-corrected chi connectivity index (χ3v) is 7.97. The van der Waals surface area contributed by atoms with Gasteiger partial charge in [-0.05, 0) is 56.5 Å². The van der Waals surface area contributed by atoms with Gasteiger partial charge in [-0.25, -0.2) is 18.0 Å². The number of rotatable bonds is 7. The van der Waals surface area contributed by atoms with Gasteiger partial charge in [0.05, 0.1) is 12.4 Å². The molecule has 17 heteroatoms. The molecule has 39 heavy (non-hydrogen) atoms. The third-order valence-electron chi connectivity index (χ3n) is 6.00. The second-order valence-corrected chi connectivity index (χ2v) is 11.2. The van der Waals surface area contributed by atoms with E-state index in [2.05, 4.69) is 16.9 Å². The summed E-state index contributed by atoms with van der Waals surface area (Å²) in [7, 11) is -0.951. The van der Waals surface area contributed by atoms with Gasteiger partial charge in [0.25, 0.3) is 0 Å². The molecule has 224 valence electrons. The molecule has 0 saturated carbocycles. The Labute approximate surface area is 221 Å². The molecule has 2 fully saturated rings. The standard InChI is InChI=1S/C18H29N3O3S.2C2HF3O2/c1-3-10-25(22,23)21-14-18(15-21)11-17(6-9-20(18)2)13-24-12-16-4-7-19-8-5-16;2*3-2(4,5)1(6)7/h4-5,7-8,17H,3,6,9-15H2,1-2H3;2*(H,6,7). The zero-order chi connectivity index (χ0) is 30.1. The van der Waals surface area contributed by atoms with E-state index in [0.717, 1.165) is 31.6 Å². The van der Waals surface area contributed by atoms with Gasteiger partial charge in [-0.1, -0.05) is 6.92 Å². The number of carboxylic acid groups (broad SMARTS) is 2. The van der Waals surface area contributed by atoms with Gasteiger partial charge in [-0.15, -0.1) is 0 Å². The number of ether oxygens (including phenoxy) is 1. The summed E-state index contributed by atoms with van der Waals surface area (Å²) in [6.45, 7) is 5.53. The first-order chi connectivity index (χ1) is 17.8.